The zero-order valence-electron chi connectivity index (χ0n) is 18.3. The van der Waals surface area contributed by atoms with E-state index in [9.17, 15) is 31.9 Å². The Kier molecular flexibility index (Phi) is 8.97. The molecule has 0 bridgehead atoms. The summed E-state index contributed by atoms with van der Waals surface area (Å²) >= 11 is 0.752. The Balaban J connectivity index is 2.42. The van der Waals surface area contributed by atoms with Crippen LogP contribution in [-0.4, -0.2) is 40.8 Å². The number of nitrogens with one attached hydrogen (secondary N) is 1. The number of anilines is 1. The first-order chi connectivity index (χ1) is 15.5. The van der Waals surface area contributed by atoms with Gasteiger partial charge in [-0.2, -0.15) is 5.10 Å². The van der Waals surface area contributed by atoms with E-state index in [0.29, 0.717) is 17.2 Å². The molecule has 0 radical (unpaired) electrons. The first kappa shape index (κ1) is 26.3. The maximum Gasteiger partial charge on any atom is 0.348 e. The van der Waals surface area contributed by atoms with Crippen LogP contribution >= 0.6 is 11.3 Å². The Labute approximate surface area is 190 Å². The van der Waals surface area contributed by atoms with Crippen LogP contribution in [0.25, 0.3) is 0 Å². The second-order valence-electron chi connectivity index (χ2n) is 6.82. The van der Waals surface area contributed by atoms with Gasteiger partial charge in [-0.25, -0.2) is 27.2 Å². The van der Waals surface area contributed by atoms with Gasteiger partial charge in [-0.3, -0.25) is 9.48 Å². The van der Waals surface area contributed by atoms with E-state index in [1.54, 1.807) is 13.8 Å². The number of rotatable bonds is 10. The molecule has 0 saturated heterocycles. The van der Waals surface area contributed by atoms with E-state index < -0.39 is 48.1 Å². The quantitative estimate of drug-likeness (QED) is 0.366. The highest BCUT2D eigenvalue weighted by Gasteiger charge is 2.31. The molecule has 1 unspecified atom stereocenters. The van der Waals surface area contributed by atoms with Crippen molar-refractivity contribution >= 4 is 34.2 Å². The van der Waals surface area contributed by atoms with Crippen LogP contribution in [0.15, 0.2) is 6.07 Å². The van der Waals surface area contributed by atoms with E-state index in [4.69, 9.17) is 9.47 Å². The smallest absolute Gasteiger partial charge is 0.348 e. The van der Waals surface area contributed by atoms with Crippen molar-refractivity contribution in [2.24, 2.45) is 0 Å². The van der Waals surface area contributed by atoms with Crippen molar-refractivity contribution in [2.75, 3.05) is 18.5 Å². The molecule has 2 rings (SSSR count). The van der Waals surface area contributed by atoms with Crippen LogP contribution in [0.3, 0.4) is 0 Å². The van der Waals surface area contributed by atoms with Gasteiger partial charge in [0, 0.05) is 0 Å². The molecule has 2 aromatic rings. The number of thiophene rings is 1. The molecule has 1 N–H and O–H groups in total. The van der Waals surface area contributed by atoms with Gasteiger partial charge >= 0.3 is 11.9 Å². The molecule has 2 heterocycles. The van der Waals surface area contributed by atoms with E-state index in [2.05, 4.69) is 10.4 Å². The molecule has 1 amide bonds. The molecular weight excluding hydrogens is 470 g/mol. The highest BCUT2D eigenvalue weighted by atomic mass is 32.1. The average molecular weight is 493 g/mol. The Morgan fingerprint density at radius 2 is 1.79 bits per heavy atom. The molecule has 0 aliphatic carbocycles. The number of hydrogen-bond acceptors (Lipinski definition) is 7. The van der Waals surface area contributed by atoms with E-state index in [1.807, 2.05) is 0 Å². The third-order valence-electron chi connectivity index (χ3n) is 4.46. The van der Waals surface area contributed by atoms with Gasteiger partial charge in [0.15, 0.2) is 0 Å². The minimum Gasteiger partial charge on any atom is -0.462 e. The van der Waals surface area contributed by atoms with E-state index >= 15 is 0 Å². The first-order valence-corrected chi connectivity index (χ1v) is 10.8. The third kappa shape index (κ3) is 5.89. The van der Waals surface area contributed by atoms with E-state index in [1.165, 1.54) is 13.8 Å². The molecule has 33 heavy (non-hydrogen) atoms. The van der Waals surface area contributed by atoms with Crippen molar-refractivity contribution in [3.63, 3.8) is 0 Å². The average Bonchev–Trinajstić information content (AvgIpc) is 3.34. The normalized spacial score (nSPS) is 12.2. The predicted octanol–water partition coefficient (Wildman–Crippen LogP) is 5.07. The predicted molar refractivity (Wildman–Crippen MR) is 111 cm³/mol. The Morgan fingerprint density at radius 3 is 2.33 bits per heavy atom. The van der Waals surface area contributed by atoms with Crippen LogP contribution in [0, 0.1) is 6.92 Å². The molecule has 0 spiro atoms. The summed E-state index contributed by atoms with van der Waals surface area (Å²) in [5, 5.41) is 5.78. The molecular formula is C20H23F4N3O5S. The number of carbonyl (C=O) groups excluding carboxylic acids is 3. The maximum atomic E-state index is 13.3. The van der Waals surface area contributed by atoms with E-state index in [0.717, 1.165) is 11.3 Å². The minimum absolute atomic E-state index is 0.0515. The summed E-state index contributed by atoms with van der Waals surface area (Å²) in [6, 6.07) is -0.907. The van der Waals surface area contributed by atoms with Crippen LogP contribution in [-0.2, 0) is 14.3 Å². The molecule has 2 aromatic heterocycles. The van der Waals surface area contributed by atoms with Crippen molar-refractivity contribution in [1.82, 2.24) is 9.78 Å². The van der Waals surface area contributed by atoms with Crippen molar-refractivity contribution in [2.45, 2.75) is 53.0 Å². The second-order valence-corrected chi connectivity index (χ2v) is 7.84. The molecule has 13 heteroatoms. The van der Waals surface area contributed by atoms with Gasteiger partial charge in [0.1, 0.15) is 27.3 Å². The summed E-state index contributed by atoms with van der Waals surface area (Å²) in [5.74, 6) is -2.43. The van der Waals surface area contributed by atoms with Crippen LogP contribution in [0.5, 0.6) is 0 Å². The lowest BCUT2D eigenvalue weighted by Crippen LogP contribution is -2.26. The maximum absolute atomic E-state index is 13.3. The molecule has 0 fully saturated rings. The largest absolute Gasteiger partial charge is 0.462 e. The monoisotopic (exact) mass is 493 g/mol. The molecule has 0 aliphatic heterocycles. The number of halogens is 4. The van der Waals surface area contributed by atoms with Gasteiger partial charge in [-0.05, 0) is 38.8 Å². The fourth-order valence-electron chi connectivity index (χ4n) is 2.84. The SMILES string of the molecule is CCCOC(=O)c1c(NC(=O)C(C)n2nc(C(F)F)cc2C(F)F)sc(C(=O)OCC)c1C. The lowest BCUT2D eigenvalue weighted by atomic mass is 10.1. The Hall–Kier alpha value is -2.96. The molecule has 0 saturated carbocycles. The Morgan fingerprint density at radius 1 is 1.12 bits per heavy atom. The molecule has 182 valence electrons. The lowest BCUT2D eigenvalue weighted by Gasteiger charge is -2.15. The molecule has 1 atom stereocenters. The zero-order chi connectivity index (χ0) is 24.9. The third-order valence-corrected chi connectivity index (χ3v) is 5.65. The van der Waals surface area contributed by atoms with Gasteiger partial charge in [-0.1, -0.05) is 6.92 Å². The molecule has 0 aliphatic rings. The topological polar surface area (TPSA) is 99.5 Å². The number of hydrogen-bond donors (Lipinski definition) is 1. The van der Waals surface area contributed by atoms with Crippen molar-refractivity contribution in [1.29, 1.82) is 0 Å². The summed E-state index contributed by atoms with van der Waals surface area (Å²) in [6.07, 6.45) is -5.73. The summed E-state index contributed by atoms with van der Waals surface area (Å²) < 4.78 is 63.1. The van der Waals surface area contributed by atoms with Crippen LogP contribution < -0.4 is 5.32 Å². The lowest BCUT2D eigenvalue weighted by molar-refractivity contribution is -0.119. The van der Waals surface area contributed by atoms with E-state index in [-0.39, 0.29) is 34.2 Å². The summed E-state index contributed by atoms with van der Waals surface area (Å²) in [6.45, 7) is 6.20. The van der Waals surface area contributed by atoms with Crippen molar-refractivity contribution < 1.29 is 41.4 Å². The molecule has 8 nitrogen and oxygen atoms in total. The number of alkyl halides is 4. The van der Waals surface area contributed by atoms with Crippen molar-refractivity contribution in [3.05, 3.63) is 33.5 Å². The minimum atomic E-state index is -3.15. The Bertz CT molecular complexity index is 1020. The number of nitrogens with zero attached hydrogens (tertiary/aromatic N) is 2. The fraction of sp³-hybridized carbons (Fsp3) is 0.500. The first-order valence-electron chi connectivity index (χ1n) is 9.97. The van der Waals surface area contributed by atoms with Gasteiger partial charge in [0.05, 0.1) is 18.8 Å². The van der Waals surface area contributed by atoms with Gasteiger partial charge in [0.25, 0.3) is 12.9 Å². The standard InChI is InChI=1S/C20H23F4N3O5S/c1-5-7-32-19(29)13-9(3)14(20(30)31-6-2)33-18(13)25-17(28)10(4)27-12(16(23)24)8-11(26-27)15(21)22/h8,10,15-16H,5-7H2,1-4H3,(H,25,28). The second kappa shape index (κ2) is 11.3. The van der Waals surface area contributed by atoms with Gasteiger partial charge < -0.3 is 14.8 Å². The zero-order valence-corrected chi connectivity index (χ0v) is 19.1. The number of amides is 1. The fourth-order valence-corrected chi connectivity index (χ4v) is 3.93. The summed E-state index contributed by atoms with van der Waals surface area (Å²) in [7, 11) is 0. The summed E-state index contributed by atoms with van der Waals surface area (Å²) in [4.78, 5) is 37.7. The number of aromatic nitrogens is 2. The van der Waals surface area contributed by atoms with Crippen LogP contribution in [0.2, 0.25) is 0 Å². The van der Waals surface area contributed by atoms with Gasteiger partial charge in [0.2, 0.25) is 5.91 Å². The van der Waals surface area contributed by atoms with Crippen LogP contribution in [0.4, 0.5) is 22.6 Å². The number of ether oxygens (including phenoxy) is 2. The number of esters is 2. The van der Waals surface area contributed by atoms with Crippen molar-refractivity contribution in [3.8, 4) is 0 Å². The highest BCUT2D eigenvalue weighted by molar-refractivity contribution is 7.18. The van der Waals surface area contributed by atoms with Crippen LogP contribution in [0.1, 0.15) is 83.1 Å². The highest BCUT2D eigenvalue weighted by Crippen LogP contribution is 2.35. The summed E-state index contributed by atoms with van der Waals surface area (Å²) in [5.41, 5.74) is -1.62. The van der Waals surface area contributed by atoms with Gasteiger partial charge in [-0.15, -0.1) is 11.3 Å². The number of carbonyl (C=O) groups is 3. The molecule has 0 aromatic carbocycles.